The Morgan fingerprint density at radius 1 is 1.05 bits per heavy atom. The molecule has 0 saturated heterocycles. The second kappa shape index (κ2) is 13.0. The molecule has 0 spiro atoms. The van der Waals surface area contributed by atoms with Crippen LogP contribution in [0.5, 0.6) is 11.5 Å². The van der Waals surface area contributed by atoms with Crippen LogP contribution in [0.4, 0.5) is 5.69 Å². The maximum atomic E-state index is 13.3. The first-order valence-corrected chi connectivity index (χ1v) is 14.7. The fourth-order valence-electron chi connectivity index (χ4n) is 4.22. The first-order valence-electron chi connectivity index (χ1n) is 13.2. The number of fused-ring (bicyclic) bond motifs is 1. The maximum Gasteiger partial charge on any atom is 0.265 e. The monoisotopic (exact) mass is 565 g/mol. The Morgan fingerprint density at radius 2 is 1.77 bits per heavy atom. The van der Waals surface area contributed by atoms with Crippen LogP contribution in [0.1, 0.15) is 25.0 Å². The summed E-state index contributed by atoms with van der Waals surface area (Å²) in [5.74, 6) is 0.350. The number of nitrogens with zero attached hydrogens (tertiary/aromatic N) is 1. The number of carbonyl (C=O) groups is 2. The predicted molar refractivity (Wildman–Crippen MR) is 153 cm³/mol. The first kappa shape index (κ1) is 29.1. The van der Waals surface area contributed by atoms with Crippen LogP contribution in [0.3, 0.4) is 0 Å². The third kappa shape index (κ3) is 7.40. The molecule has 40 heavy (non-hydrogen) atoms. The van der Waals surface area contributed by atoms with Crippen LogP contribution in [0, 0.1) is 12.8 Å². The molecule has 10 heteroatoms. The standard InChI is InChI=1S/C30H35N3O6S/c1-21(2)18-32-40(36,37)24-13-14-26(22(3)17-24)38-20-29(34)33-19-28(39-27-12-8-7-11-25(27)33)30(35)31-16-15-23-9-5-4-6-10-23/h4-14,17,21,28,32H,15-16,18-20H2,1-3H3,(H,31,35)/t28-/m1/s1. The Labute approximate surface area is 235 Å². The minimum atomic E-state index is -3.65. The summed E-state index contributed by atoms with van der Waals surface area (Å²) in [6.07, 6.45) is -0.196. The van der Waals surface area contributed by atoms with Crippen molar-refractivity contribution in [3.63, 3.8) is 0 Å². The van der Waals surface area contributed by atoms with Crippen LogP contribution in [-0.2, 0) is 26.0 Å². The Morgan fingerprint density at radius 3 is 2.50 bits per heavy atom. The quantitative estimate of drug-likeness (QED) is 0.368. The van der Waals surface area contributed by atoms with Gasteiger partial charge in [-0.15, -0.1) is 0 Å². The lowest BCUT2D eigenvalue weighted by molar-refractivity contribution is -0.128. The number of benzene rings is 3. The van der Waals surface area contributed by atoms with E-state index in [9.17, 15) is 18.0 Å². The van der Waals surface area contributed by atoms with Crippen molar-refractivity contribution in [1.82, 2.24) is 10.0 Å². The number of anilines is 1. The van der Waals surface area contributed by atoms with Crippen molar-refractivity contribution in [3.05, 3.63) is 83.9 Å². The highest BCUT2D eigenvalue weighted by Gasteiger charge is 2.34. The third-order valence-electron chi connectivity index (χ3n) is 6.41. The number of aryl methyl sites for hydroxylation is 1. The van der Waals surface area contributed by atoms with Crippen LogP contribution >= 0.6 is 0 Å². The van der Waals surface area contributed by atoms with Gasteiger partial charge in [-0.05, 0) is 60.7 Å². The van der Waals surface area contributed by atoms with Crippen molar-refractivity contribution in [2.24, 2.45) is 5.92 Å². The van der Waals surface area contributed by atoms with E-state index in [0.717, 1.165) is 5.56 Å². The zero-order valence-electron chi connectivity index (χ0n) is 22.9. The summed E-state index contributed by atoms with van der Waals surface area (Å²) < 4.78 is 39.4. The van der Waals surface area contributed by atoms with Gasteiger partial charge < -0.3 is 19.7 Å². The normalized spacial score (nSPS) is 14.8. The number of hydrogen-bond donors (Lipinski definition) is 2. The van der Waals surface area contributed by atoms with Crippen molar-refractivity contribution < 1.29 is 27.5 Å². The molecule has 0 saturated carbocycles. The fourth-order valence-corrected chi connectivity index (χ4v) is 5.52. The minimum absolute atomic E-state index is 0.0358. The van der Waals surface area contributed by atoms with Crippen LogP contribution < -0.4 is 24.4 Å². The summed E-state index contributed by atoms with van der Waals surface area (Å²) in [5.41, 5.74) is 2.25. The molecular weight excluding hydrogens is 530 g/mol. The number of rotatable bonds is 11. The summed E-state index contributed by atoms with van der Waals surface area (Å²) >= 11 is 0. The second-order valence-electron chi connectivity index (χ2n) is 10.1. The molecule has 2 amide bonds. The Kier molecular flexibility index (Phi) is 9.44. The molecule has 0 aromatic heterocycles. The smallest absolute Gasteiger partial charge is 0.265 e. The molecule has 3 aromatic carbocycles. The molecule has 0 aliphatic carbocycles. The average molecular weight is 566 g/mol. The molecule has 1 heterocycles. The highest BCUT2D eigenvalue weighted by molar-refractivity contribution is 7.89. The van der Waals surface area contributed by atoms with Gasteiger partial charge in [-0.2, -0.15) is 0 Å². The Hall–Kier alpha value is -3.89. The first-order chi connectivity index (χ1) is 19.1. The fraction of sp³-hybridized carbons (Fsp3) is 0.333. The van der Waals surface area contributed by atoms with Crippen molar-refractivity contribution in [3.8, 4) is 11.5 Å². The molecule has 2 N–H and O–H groups in total. The Balaban J connectivity index is 1.39. The number of nitrogens with one attached hydrogen (secondary N) is 2. The molecule has 0 fully saturated rings. The van der Waals surface area contributed by atoms with E-state index in [4.69, 9.17) is 9.47 Å². The van der Waals surface area contributed by atoms with Gasteiger partial charge >= 0.3 is 0 Å². The minimum Gasteiger partial charge on any atom is -0.483 e. The van der Waals surface area contributed by atoms with Gasteiger partial charge in [0.05, 0.1) is 17.1 Å². The predicted octanol–water partition coefficient (Wildman–Crippen LogP) is 3.46. The second-order valence-corrected chi connectivity index (χ2v) is 11.8. The van der Waals surface area contributed by atoms with Gasteiger partial charge in [0.15, 0.2) is 12.7 Å². The summed E-state index contributed by atoms with van der Waals surface area (Å²) in [6, 6.07) is 21.4. The summed E-state index contributed by atoms with van der Waals surface area (Å²) in [5, 5.41) is 2.90. The van der Waals surface area contributed by atoms with Crippen LogP contribution in [-0.4, -0.2) is 52.6 Å². The van der Waals surface area contributed by atoms with Crippen LogP contribution in [0.2, 0.25) is 0 Å². The molecule has 1 aliphatic heterocycles. The molecule has 3 aromatic rings. The van der Waals surface area contributed by atoms with Gasteiger partial charge in [-0.3, -0.25) is 9.59 Å². The number of amides is 2. The summed E-state index contributed by atoms with van der Waals surface area (Å²) in [4.78, 5) is 27.8. The van der Waals surface area contributed by atoms with E-state index in [1.807, 2.05) is 44.2 Å². The highest BCUT2D eigenvalue weighted by Crippen LogP contribution is 2.33. The molecule has 1 aliphatic rings. The van der Waals surface area contributed by atoms with Gasteiger partial charge in [0.2, 0.25) is 10.0 Å². The molecule has 9 nitrogen and oxygen atoms in total. The molecule has 1 atom stereocenters. The number of carbonyl (C=O) groups excluding carboxylic acids is 2. The molecule has 0 bridgehead atoms. The summed E-state index contributed by atoms with van der Waals surface area (Å²) in [6.45, 7) is 6.09. The highest BCUT2D eigenvalue weighted by atomic mass is 32.2. The lowest BCUT2D eigenvalue weighted by Crippen LogP contribution is -2.52. The van der Waals surface area contributed by atoms with E-state index in [0.29, 0.717) is 42.3 Å². The third-order valence-corrected chi connectivity index (χ3v) is 7.83. The SMILES string of the molecule is Cc1cc(S(=O)(=O)NCC(C)C)ccc1OCC(=O)N1C[C@H](C(=O)NCCc2ccccc2)Oc2ccccc21. The van der Waals surface area contributed by atoms with Gasteiger partial charge in [-0.1, -0.05) is 56.3 Å². The molecular formula is C30H35N3O6S. The topological polar surface area (TPSA) is 114 Å². The molecule has 4 rings (SSSR count). The lowest BCUT2D eigenvalue weighted by atomic mass is 10.1. The van der Waals surface area contributed by atoms with E-state index >= 15 is 0 Å². The van der Waals surface area contributed by atoms with Crippen molar-refractivity contribution in [2.45, 2.75) is 38.2 Å². The lowest BCUT2D eigenvalue weighted by Gasteiger charge is -2.34. The van der Waals surface area contributed by atoms with E-state index in [1.54, 1.807) is 37.3 Å². The molecule has 212 valence electrons. The largest absolute Gasteiger partial charge is 0.483 e. The number of ether oxygens (including phenoxy) is 2. The van der Waals surface area contributed by atoms with Gasteiger partial charge in [0.25, 0.3) is 11.8 Å². The van der Waals surface area contributed by atoms with E-state index < -0.39 is 16.1 Å². The maximum absolute atomic E-state index is 13.3. The zero-order valence-corrected chi connectivity index (χ0v) is 23.7. The molecule has 0 radical (unpaired) electrons. The van der Waals surface area contributed by atoms with Gasteiger partial charge in [-0.25, -0.2) is 13.1 Å². The van der Waals surface area contributed by atoms with Crippen molar-refractivity contribution in [2.75, 3.05) is 31.1 Å². The summed E-state index contributed by atoms with van der Waals surface area (Å²) in [7, 11) is -3.65. The van der Waals surface area contributed by atoms with Gasteiger partial charge in [0.1, 0.15) is 11.5 Å². The number of hydrogen-bond acceptors (Lipinski definition) is 6. The van der Waals surface area contributed by atoms with Crippen molar-refractivity contribution in [1.29, 1.82) is 0 Å². The Bertz CT molecular complexity index is 1440. The van der Waals surface area contributed by atoms with Gasteiger partial charge in [0, 0.05) is 13.1 Å². The van der Waals surface area contributed by atoms with Crippen molar-refractivity contribution >= 4 is 27.5 Å². The number of para-hydroxylation sites is 2. The number of sulfonamides is 1. The van der Waals surface area contributed by atoms with E-state index in [-0.39, 0.29) is 35.8 Å². The van der Waals surface area contributed by atoms with E-state index in [1.165, 1.54) is 17.0 Å². The molecule has 0 unspecified atom stereocenters. The average Bonchev–Trinajstić information content (AvgIpc) is 2.95. The van der Waals surface area contributed by atoms with Crippen LogP contribution in [0.15, 0.2) is 77.7 Å². The zero-order chi connectivity index (χ0) is 28.7. The van der Waals surface area contributed by atoms with E-state index in [2.05, 4.69) is 10.0 Å². The van der Waals surface area contributed by atoms with Crippen LogP contribution in [0.25, 0.3) is 0 Å².